The Morgan fingerprint density at radius 1 is 0.960 bits per heavy atom. The minimum absolute atomic E-state index is 0.162. The molecule has 0 unspecified atom stereocenters. The van der Waals surface area contributed by atoms with E-state index in [1.54, 1.807) is 24.3 Å². The molecule has 4 N–H and O–H groups in total. The number of hydrogen-bond donors (Lipinski definition) is 4. The summed E-state index contributed by atoms with van der Waals surface area (Å²) in [5.74, 6) is -2.32. The lowest BCUT2D eigenvalue weighted by atomic mass is 10.2. The second kappa shape index (κ2) is 7.82. The standard InChI is InChI=1S/C17H16N2O6/c1-10(20)18-11-2-4-12(5-3-11)19-16(23)9-25-17(24)14-7-6-13(21)8-15(14)22/h2-8,21-22H,9H2,1H3,(H,18,20)(H,19,23). The number of nitrogens with one attached hydrogen (secondary N) is 2. The van der Waals surface area contributed by atoms with Gasteiger partial charge in [0.2, 0.25) is 5.91 Å². The molecule has 0 aliphatic carbocycles. The van der Waals surface area contributed by atoms with Gasteiger partial charge in [-0.3, -0.25) is 9.59 Å². The quantitative estimate of drug-likeness (QED) is 0.614. The number of ether oxygens (including phenoxy) is 1. The van der Waals surface area contributed by atoms with Crippen molar-refractivity contribution in [2.45, 2.75) is 6.92 Å². The summed E-state index contributed by atoms with van der Waals surface area (Å²) in [6.45, 7) is 0.836. The normalized spacial score (nSPS) is 9.96. The number of phenolic OH excluding ortho intramolecular Hbond substituents is 2. The van der Waals surface area contributed by atoms with E-state index >= 15 is 0 Å². The fourth-order valence-electron chi connectivity index (χ4n) is 1.94. The summed E-state index contributed by atoms with van der Waals surface area (Å²) >= 11 is 0. The molecular weight excluding hydrogens is 328 g/mol. The molecule has 8 heteroatoms. The molecule has 2 amide bonds. The molecule has 0 spiro atoms. The average molecular weight is 344 g/mol. The fourth-order valence-corrected chi connectivity index (χ4v) is 1.94. The van der Waals surface area contributed by atoms with Crippen LogP contribution in [0.4, 0.5) is 11.4 Å². The van der Waals surface area contributed by atoms with Gasteiger partial charge in [0.25, 0.3) is 5.91 Å². The van der Waals surface area contributed by atoms with Crippen LogP contribution in [0.3, 0.4) is 0 Å². The SMILES string of the molecule is CC(=O)Nc1ccc(NC(=O)COC(=O)c2ccc(O)cc2O)cc1. The van der Waals surface area contributed by atoms with Gasteiger partial charge in [-0.1, -0.05) is 0 Å². The summed E-state index contributed by atoms with van der Waals surface area (Å²) < 4.78 is 4.81. The average Bonchev–Trinajstić information content (AvgIpc) is 2.54. The first-order valence-electron chi connectivity index (χ1n) is 7.22. The number of phenols is 2. The van der Waals surface area contributed by atoms with Gasteiger partial charge in [-0.25, -0.2) is 4.79 Å². The van der Waals surface area contributed by atoms with E-state index < -0.39 is 24.2 Å². The molecule has 0 aliphatic rings. The molecule has 0 aliphatic heterocycles. The molecular formula is C17H16N2O6. The first-order valence-corrected chi connectivity index (χ1v) is 7.22. The third kappa shape index (κ3) is 5.24. The monoisotopic (exact) mass is 344 g/mol. The Labute approximate surface area is 143 Å². The van der Waals surface area contributed by atoms with Crippen molar-refractivity contribution in [1.29, 1.82) is 0 Å². The highest BCUT2D eigenvalue weighted by atomic mass is 16.5. The smallest absolute Gasteiger partial charge is 0.342 e. The summed E-state index contributed by atoms with van der Waals surface area (Å²) in [5, 5.41) is 23.8. The molecule has 2 rings (SSSR count). The Hall–Kier alpha value is -3.55. The highest BCUT2D eigenvalue weighted by Gasteiger charge is 2.15. The van der Waals surface area contributed by atoms with E-state index in [4.69, 9.17) is 9.84 Å². The zero-order valence-electron chi connectivity index (χ0n) is 13.3. The number of anilines is 2. The highest BCUT2D eigenvalue weighted by Crippen LogP contribution is 2.23. The molecule has 0 atom stereocenters. The minimum Gasteiger partial charge on any atom is -0.508 e. The summed E-state index contributed by atoms with van der Waals surface area (Å²) in [4.78, 5) is 34.5. The summed E-state index contributed by atoms with van der Waals surface area (Å²) in [6, 6.07) is 9.77. The molecule has 25 heavy (non-hydrogen) atoms. The van der Waals surface area contributed by atoms with Crippen LogP contribution in [0.15, 0.2) is 42.5 Å². The van der Waals surface area contributed by atoms with Crippen LogP contribution in [0.5, 0.6) is 11.5 Å². The predicted octanol–water partition coefficient (Wildman–Crippen LogP) is 1.85. The van der Waals surface area contributed by atoms with Crippen molar-refractivity contribution < 1.29 is 29.3 Å². The zero-order chi connectivity index (χ0) is 18.4. The van der Waals surface area contributed by atoms with Crippen molar-refractivity contribution in [1.82, 2.24) is 0 Å². The maximum absolute atomic E-state index is 11.8. The number of benzene rings is 2. The van der Waals surface area contributed by atoms with Crippen LogP contribution >= 0.6 is 0 Å². The molecule has 2 aromatic carbocycles. The van der Waals surface area contributed by atoms with Gasteiger partial charge in [0.15, 0.2) is 6.61 Å². The van der Waals surface area contributed by atoms with Crippen LogP contribution in [0.1, 0.15) is 17.3 Å². The lowest BCUT2D eigenvalue weighted by molar-refractivity contribution is -0.119. The summed E-state index contributed by atoms with van der Waals surface area (Å²) in [7, 11) is 0. The van der Waals surface area contributed by atoms with E-state index in [9.17, 15) is 19.5 Å². The Morgan fingerprint density at radius 3 is 2.12 bits per heavy atom. The maximum atomic E-state index is 11.8. The van der Waals surface area contributed by atoms with Gasteiger partial charge in [0.1, 0.15) is 17.1 Å². The van der Waals surface area contributed by atoms with E-state index in [1.807, 2.05) is 0 Å². The molecule has 8 nitrogen and oxygen atoms in total. The molecule has 0 aromatic heterocycles. The number of aromatic hydroxyl groups is 2. The van der Waals surface area contributed by atoms with Gasteiger partial charge in [0, 0.05) is 24.4 Å². The van der Waals surface area contributed by atoms with Gasteiger partial charge in [-0.05, 0) is 36.4 Å². The molecule has 0 fully saturated rings. The van der Waals surface area contributed by atoms with Crippen molar-refractivity contribution >= 4 is 29.2 Å². The van der Waals surface area contributed by atoms with Crippen molar-refractivity contribution in [2.75, 3.05) is 17.2 Å². The van der Waals surface area contributed by atoms with E-state index in [0.29, 0.717) is 11.4 Å². The largest absolute Gasteiger partial charge is 0.508 e. The Kier molecular flexibility index (Phi) is 5.57. The van der Waals surface area contributed by atoms with Crippen molar-refractivity contribution in [2.24, 2.45) is 0 Å². The van der Waals surface area contributed by atoms with Crippen LogP contribution in [0.25, 0.3) is 0 Å². The van der Waals surface area contributed by atoms with Crippen LogP contribution in [-0.4, -0.2) is 34.6 Å². The molecule has 0 saturated carbocycles. The molecule has 0 radical (unpaired) electrons. The van der Waals surface area contributed by atoms with E-state index in [1.165, 1.54) is 19.1 Å². The third-order valence-corrected chi connectivity index (χ3v) is 3.02. The number of carbonyl (C=O) groups is 3. The first-order chi connectivity index (χ1) is 11.8. The maximum Gasteiger partial charge on any atom is 0.342 e. The van der Waals surface area contributed by atoms with E-state index in [2.05, 4.69) is 10.6 Å². The highest BCUT2D eigenvalue weighted by molar-refractivity contribution is 5.97. The minimum atomic E-state index is -0.895. The number of amides is 2. The fraction of sp³-hybridized carbons (Fsp3) is 0.118. The molecule has 0 heterocycles. The first kappa shape index (κ1) is 17.8. The zero-order valence-corrected chi connectivity index (χ0v) is 13.3. The topological polar surface area (TPSA) is 125 Å². The van der Waals surface area contributed by atoms with Gasteiger partial charge in [0.05, 0.1) is 0 Å². The number of esters is 1. The van der Waals surface area contributed by atoms with Gasteiger partial charge in [-0.15, -0.1) is 0 Å². The number of hydrogen-bond acceptors (Lipinski definition) is 6. The lowest BCUT2D eigenvalue weighted by Gasteiger charge is -2.08. The van der Waals surface area contributed by atoms with Crippen molar-refractivity contribution in [3.8, 4) is 11.5 Å². The second-order valence-corrected chi connectivity index (χ2v) is 5.08. The van der Waals surface area contributed by atoms with Gasteiger partial charge in [-0.2, -0.15) is 0 Å². The van der Waals surface area contributed by atoms with Crippen LogP contribution in [0, 0.1) is 0 Å². The third-order valence-electron chi connectivity index (χ3n) is 3.02. The molecule has 2 aromatic rings. The summed E-state index contributed by atoms with van der Waals surface area (Å²) in [5.41, 5.74) is 0.882. The van der Waals surface area contributed by atoms with Gasteiger partial charge < -0.3 is 25.6 Å². The molecule has 0 bridgehead atoms. The van der Waals surface area contributed by atoms with Gasteiger partial charge >= 0.3 is 5.97 Å². The predicted molar refractivity (Wildman–Crippen MR) is 89.4 cm³/mol. The van der Waals surface area contributed by atoms with E-state index in [-0.39, 0.29) is 17.2 Å². The Morgan fingerprint density at radius 2 is 1.56 bits per heavy atom. The number of rotatable bonds is 5. The lowest BCUT2D eigenvalue weighted by Crippen LogP contribution is -2.21. The van der Waals surface area contributed by atoms with Crippen molar-refractivity contribution in [3.63, 3.8) is 0 Å². The van der Waals surface area contributed by atoms with Crippen molar-refractivity contribution in [3.05, 3.63) is 48.0 Å². The second-order valence-electron chi connectivity index (χ2n) is 5.08. The van der Waals surface area contributed by atoms with E-state index in [0.717, 1.165) is 6.07 Å². The van der Waals surface area contributed by atoms with Crippen LogP contribution < -0.4 is 10.6 Å². The Bertz CT molecular complexity index is 801. The van der Waals surface area contributed by atoms with Crippen LogP contribution in [0.2, 0.25) is 0 Å². The number of carbonyl (C=O) groups excluding carboxylic acids is 3. The Balaban J connectivity index is 1.87. The van der Waals surface area contributed by atoms with Crippen LogP contribution in [-0.2, 0) is 14.3 Å². The molecule has 0 saturated heterocycles. The molecule has 130 valence electrons. The summed E-state index contributed by atoms with van der Waals surface area (Å²) in [6.07, 6.45) is 0.